The molecule has 0 aliphatic carbocycles. The first-order valence-electron chi connectivity index (χ1n) is 5.56. The van der Waals surface area contributed by atoms with E-state index in [4.69, 9.17) is 0 Å². The summed E-state index contributed by atoms with van der Waals surface area (Å²) < 4.78 is 13.9. The van der Waals surface area contributed by atoms with Crippen LogP contribution in [0, 0.1) is 6.08 Å². The summed E-state index contributed by atoms with van der Waals surface area (Å²) in [6.07, 6.45) is 12.0. The molecule has 0 nitrogen and oxygen atoms in total. The second-order valence-corrected chi connectivity index (χ2v) is 3.68. The van der Waals surface area contributed by atoms with Crippen molar-refractivity contribution >= 4 is 0 Å². The van der Waals surface area contributed by atoms with Gasteiger partial charge in [-0.15, -0.1) is 12.2 Å². The van der Waals surface area contributed by atoms with E-state index in [1.54, 1.807) is 30.4 Å². The van der Waals surface area contributed by atoms with E-state index in [1.165, 1.54) is 6.08 Å². The molecule has 0 atom stereocenters. The Labute approximate surface area is 135 Å². The van der Waals surface area contributed by atoms with Gasteiger partial charge in [0.1, 0.15) is 5.83 Å². The van der Waals surface area contributed by atoms with Crippen LogP contribution >= 0.6 is 0 Å². The van der Waals surface area contributed by atoms with Gasteiger partial charge in [0.2, 0.25) is 0 Å². The second-order valence-electron chi connectivity index (χ2n) is 3.68. The van der Waals surface area contributed by atoms with Crippen LogP contribution in [0.15, 0.2) is 104 Å². The molecule has 0 saturated heterocycles. The third-order valence-electron chi connectivity index (χ3n) is 2.23. The van der Waals surface area contributed by atoms with Crippen molar-refractivity contribution < 1.29 is 24.8 Å². The molecule has 0 bridgehead atoms. The standard InChI is InChI=1S/C18H18F.Re/c1-7-9-11-14(3)16(5)13-18(19)17(6)15(4)12-10-8-2;/h7,9-13H,1-6H2;/q-1;/b11-9-,12-10-,18-13+;. The number of allylic oxidation sites excluding steroid dienone is 12. The van der Waals surface area contributed by atoms with E-state index in [-0.39, 0.29) is 26.0 Å². The van der Waals surface area contributed by atoms with E-state index in [9.17, 15) is 4.39 Å². The monoisotopic (exact) mass is 440 g/mol. The molecule has 0 saturated carbocycles. The van der Waals surface area contributed by atoms with Gasteiger partial charge in [-0.05, 0) is 22.8 Å². The molecule has 0 unspecified atom stereocenters. The van der Waals surface area contributed by atoms with Gasteiger partial charge in [-0.1, -0.05) is 44.5 Å². The average molecular weight is 440 g/mol. The molecule has 0 aromatic rings. The van der Waals surface area contributed by atoms with Crippen LogP contribution in [0.25, 0.3) is 0 Å². The van der Waals surface area contributed by atoms with Crippen LogP contribution in [0.2, 0.25) is 0 Å². The van der Waals surface area contributed by atoms with Crippen LogP contribution in [0.3, 0.4) is 0 Å². The van der Waals surface area contributed by atoms with Crippen LogP contribution in [0.5, 0.6) is 0 Å². The van der Waals surface area contributed by atoms with Crippen molar-refractivity contribution in [3.63, 3.8) is 0 Å². The molecule has 1 radical (unpaired) electrons. The zero-order valence-corrected chi connectivity index (χ0v) is 14.2. The zero-order valence-electron chi connectivity index (χ0n) is 11.5. The van der Waals surface area contributed by atoms with E-state index in [0.29, 0.717) is 16.7 Å². The third kappa shape index (κ3) is 7.64. The first-order valence-corrected chi connectivity index (χ1v) is 5.56. The minimum Gasteiger partial charge on any atom is -0.258 e. The van der Waals surface area contributed by atoms with Gasteiger partial charge in [0.25, 0.3) is 0 Å². The topological polar surface area (TPSA) is 0 Å². The summed E-state index contributed by atoms with van der Waals surface area (Å²) in [5, 5.41) is 0. The van der Waals surface area contributed by atoms with Gasteiger partial charge in [-0.25, -0.2) is 16.5 Å². The van der Waals surface area contributed by atoms with Gasteiger partial charge < -0.3 is 0 Å². The summed E-state index contributed by atoms with van der Waals surface area (Å²) in [5.74, 6) is -0.503. The Bertz CT molecular complexity index is 514. The maximum absolute atomic E-state index is 13.9. The fourth-order valence-corrected chi connectivity index (χ4v) is 1.04. The Kier molecular flexibility index (Phi) is 11.4. The third-order valence-corrected chi connectivity index (χ3v) is 2.23. The fraction of sp³-hybridized carbons (Fsp3) is 0. The molecular formula is C18H18FRe-. The smallest absolute Gasteiger partial charge is 0.129 e. The molecule has 20 heavy (non-hydrogen) atoms. The van der Waals surface area contributed by atoms with E-state index < -0.39 is 5.83 Å². The van der Waals surface area contributed by atoms with Gasteiger partial charge in [-0.3, -0.25) is 6.08 Å². The Morgan fingerprint density at radius 2 is 1.55 bits per heavy atom. The number of hydrogen-bond acceptors (Lipinski definition) is 0. The summed E-state index contributed by atoms with van der Waals surface area (Å²) in [4.78, 5) is 0. The molecule has 0 aliphatic rings. The number of rotatable bonds is 8. The number of hydrogen-bond donors (Lipinski definition) is 0. The minimum atomic E-state index is -0.503. The number of halogens is 1. The normalized spacial score (nSPS) is 10.9. The van der Waals surface area contributed by atoms with Gasteiger partial charge in [-0.2, -0.15) is 6.58 Å². The quantitative estimate of drug-likeness (QED) is 0.353. The molecule has 2 heteroatoms. The van der Waals surface area contributed by atoms with E-state index in [2.05, 4.69) is 45.5 Å². The molecule has 0 amide bonds. The van der Waals surface area contributed by atoms with Crippen molar-refractivity contribution in [3.8, 4) is 0 Å². The summed E-state index contributed by atoms with van der Waals surface area (Å²) in [6, 6.07) is 0. The SMILES string of the molecule is C=[C-]/C=C\C(=C)C(=C)/C(F)=C\C(=C)C(=C)/C=C\C=C.[Re]. The second kappa shape index (κ2) is 11.1. The molecule has 0 aromatic carbocycles. The van der Waals surface area contributed by atoms with Crippen LogP contribution in [0.1, 0.15) is 0 Å². The van der Waals surface area contributed by atoms with Gasteiger partial charge >= 0.3 is 0 Å². The first kappa shape index (κ1) is 20.6. The van der Waals surface area contributed by atoms with Crippen molar-refractivity contribution in [2.75, 3.05) is 0 Å². The van der Waals surface area contributed by atoms with Gasteiger partial charge in [0, 0.05) is 20.4 Å². The average Bonchev–Trinajstić information content (AvgIpc) is 2.40. The molecule has 0 aromatic heterocycles. The molecule has 0 fully saturated rings. The summed E-state index contributed by atoms with van der Waals surface area (Å²) in [5.41, 5.74) is 1.70. The van der Waals surface area contributed by atoms with Crippen LogP contribution in [-0.4, -0.2) is 0 Å². The van der Waals surface area contributed by atoms with E-state index in [1.807, 2.05) is 0 Å². The predicted molar refractivity (Wildman–Crippen MR) is 83.1 cm³/mol. The molecule has 0 aliphatic heterocycles. The Hall–Kier alpha value is -1.75. The zero-order chi connectivity index (χ0) is 14.8. The van der Waals surface area contributed by atoms with Crippen molar-refractivity contribution in [2.45, 2.75) is 0 Å². The molecule has 0 heterocycles. The summed E-state index contributed by atoms with van der Waals surface area (Å²) >= 11 is 0. The van der Waals surface area contributed by atoms with E-state index in [0.717, 1.165) is 0 Å². The van der Waals surface area contributed by atoms with Crippen molar-refractivity contribution in [2.24, 2.45) is 0 Å². The van der Waals surface area contributed by atoms with Crippen molar-refractivity contribution in [1.29, 1.82) is 0 Å². The largest absolute Gasteiger partial charge is 0.258 e. The van der Waals surface area contributed by atoms with Crippen molar-refractivity contribution in [1.82, 2.24) is 0 Å². The fourth-order valence-electron chi connectivity index (χ4n) is 1.04. The summed E-state index contributed by atoms with van der Waals surface area (Å²) in [6.45, 7) is 21.8. The molecule has 0 spiro atoms. The van der Waals surface area contributed by atoms with Gasteiger partial charge in [0.05, 0.1) is 0 Å². The van der Waals surface area contributed by atoms with Crippen molar-refractivity contribution in [3.05, 3.63) is 110 Å². The molecule has 0 N–H and O–H groups in total. The Morgan fingerprint density at radius 3 is 2.05 bits per heavy atom. The summed E-state index contributed by atoms with van der Waals surface area (Å²) in [7, 11) is 0. The van der Waals surface area contributed by atoms with Gasteiger partial charge in [0.15, 0.2) is 0 Å². The molecule has 105 valence electrons. The van der Waals surface area contributed by atoms with E-state index >= 15 is 0 Å². The van der Waals surface area contributed by atoms with Crippen LogP contribution in [-0.2, 0) is 20.4 Å². The molecular weight excluding hydrogens is 421 g/mol. The Balaban J connectivity index is 0. The van der Waals surface area contributed by atoms with Crippen LogP contribution < -0.4 is 0 Å². The first-order chi connectivity index (χ1) is 8.93. The predicted octanol–water partition coefficient (Wildman–Crippen LogP) is 5.35. The van der Waals surface area contributed by atoms with Crippen LogP contribution in [0.4, 0.5) is 4.39 Å². The maximum Gasteiger partial charge on any atom is 0.129 e. The minimum absolute atomic E-state index is 0. The molecule has 0 rings (SSSR count). The Morgan fingerprint density at radius 1 is 0.950 bits per heavy atom. The maximum atomic E-state index is 13.9.